The molecule has 1 aliphatic rings. The number of carbonyl (C=O) groups excluding carboxylic acids is 1. The zero-order valence-electron chi connectivity index (χ0n) is 15.2. The summed E-state index contributed by atoms with van der Waals surface area (Å²) in [7, 11) is 0. The number of aryl methyl sites for hydroxylation is 2. The minimum absolute atomic E-state index is 0.174. The Bertz CT molecular complexity index is 939. The summed E-state index contributed by atoms with van der Waals surface area (Å²) in [5.41, 5.74) is 5.07. The van der Waals surface area contributed by atoms with Gasteiger partial charge in [0.1, 0.15) is 5.52 Å². The van der Waals surface area contributed by atoms with E-state index in [1.807, 2.05) is 30.0 Å². The van der Waals surface area contributed by atoms with E-state index in [0.29, 0.717) is 12.3 Å². The molecule has 4 rings (SSSR count). The number of oxazole rings is 1. The number of amides is 1. The maximum Gasteiger partial charge on any atom is 0.227 e. The monoisotopic (exact) mass is 349 g/mol. The van der Waals surface area contributed by atoms with Crippen molar-refractivity contribution in [1.82, 2.24) is 9.88 Å². The molecule has 3 aromatic rings. The van der Waals surface area contributed by atoms with Crippen molar-refractivity contribution in [3.63, 3.8) is 0 Å². The summed E-state index contributed by atoms with van der Waals surface area (Å²) in [6, 6.07) is 14.3. The number of rotatable bonds is 3. The molecule has 134 valence electrons. The molecule has 2 aromatic carbocycles. The first-order valence-corrected chi connectivity index (χ1v) is 9.04. The van der Waals surface area contributed by atoms with Crippen LogP contribution in [0.15, 0.2) is 46.9 Å². The second-order valence-electron chi connectivity index (χ2n) is 6.92. The standard InChI is InChI=1S/C21H23N3O2/c1-15-4-3-5-18(12-15)23-8-10-24(11-9-23)21(25)14-17-6-7-20-19(13-17)22-16(2)26-20/h3-7,12-13H,8-11,14H2,1-2H3. The second-order valence-corrected chi connectivity index (χ2v) is 6.92. The highest BCUT2D eigenvalue weighted by Gasteiger charge is 2.21. The van der Waals surface area contributed by atoms with Crippen molar-refractivity contribution in [3.8, 4) is 0 Å². The Balaban J connectivity index is 1.38. The molecule has 0 saturated carbocycles. The minimum atomic E-state index is 0.174. The lowest BCUT2D eigenvalue weighted by Gasteiger charge is -2.36. The van der Waals surface area contributed by atoms with E-state index in [2.05, 4.69) is 41.1 Å². The van der Waals surface area contributed by atoms with Crippen molar-refractivity contribution in [2.75, 3.05) is 31.1 Å². The molecule has 2 heterocycles. The van der Waals surface area contributed by atoms with E-state index in [9.17, 15) is 4.79 Å². The van der Waals surface area contributed by atoms with Gasteiger partial charge in [-0.05, 0) is 42.3 Å². The lowest BCUT2D eigenvalue weighted by Crippen LogP contribution is -2.49. The van der Waals surface area contributed by atoms with Crippen LogP contribution in [0.2, 0.25) is 0 Å². The first-order chi connectivity index (χ1) is 12.6. The summed E-state index contributed by atoms with van der Waals surface area (Å²) in [5, 5.41) is 0. The Hall–Kier alpha value is -2.82. The first kappa shape index (κ1) is 16.6. The third kappa shape index (κ3) is 3.43. The molecule has 1 amide bonds. The van der Waals surface area contributed by atoms with Crippen molar-refractivity contribution in [2.24, 2.45) is 0 Å². The van der Waals surface area contributed by atoms with Gasteiger partial charge in [0.25, 0.3) is 0 Å². The topological polar surface area (TPSA) is 49.6 Å². The summed E-state index contributed by atoms with van der Waals surface area (Å²) in [5.74, 6) is 0.823. The van der Waals surface area contributed by atoms with Crippen LogP contribution < -0.4 is 4.90 Å². The van der Waals surface area contributed by atoms with Crippen molar-refractivity contribution < 1.29 is 9.21 Å². The van der Waals surface area contributed by atoms with Crippen LogP contribution >= 0.6 is 0 Å². The number of nitrogens with zero attached hydrogens (tertiary/aromatic N) is 3. The number of benzene rings is 2. The zero-order valence-corrected chi connectivity index (χ0v) is 15.2. The van der Waals surface area contributed by atoms with Crippen LogP contribution in [0, 0.1) is 13.8 Å². The number of hydrogen-bond acceptors (Lipinski definition) is 4. The molecule has 0 unspecified atom stereocenters. The largest absolute Gasteiger partial charge is 0.441 e. The molecule has 0 bridgehead atoms. The molecule has 0 atom stereocenters. The van der Waals surface area contributed by atoms with Crippen LogP contribution in [0.4, 0.5) is 5.69 Å². The van der Waals surface area contributed by atoms with E-state index >= 15 is 0 Å². The zero-order chi connectivity index (χ0) is 18.1. The summed E-state index contributed by atoms with van der Waals surface area (Å²) in [6.07, 6.45) is 0.409. The van der Waals surface area contributed by atoms with Crippen LogP contribution in [0.1, 0.15) is 17.0 Å². The van der Waals surface area contributed by atoms with Crippen LogP contribution in [0.5, 0.6) is 0 Å². The Kier molecular flexibility index (Phi) is 4.37. The van der Waals surface area contributed by atoms with Gasteiger partial charge in [-0.15, -0.1) is 0 Å². The summed E-state index contributed by atoms with van der Waals surface area (Å²) >= 11 is 0. The lowest BCUT2D eigenvalue weighted by atomic mass is 10.1. The Labute approximate surface area is 153 Å². The maximum atomic E-state index is 12.7. The molecule has 1 saturated heterocycles. The van der Waals surface area contributed by atoms with Gasteiger partial charge in [-0.3, -0.25) is 4.79 Å². The molecule has 5 nitrogen and oxygen atoms in total. The van der Waals surface area contributed by atoms with E-state index in [1.54, 1.807) is 0 Å². The Morgan fingerprint density at radius 3 is 2.65 bits per heavy atom. The number of piperazine rings is 1. The van der Waals surface area contributed by atoms with Gasteiger partial charge in [-0.2, -0.15) is 0 Å². The molecule has 0 aliphatic carbocycles. The van der Waals surface area contributed by atoms with Crippen molar-refractivity contribution >= 4 is 22.7 Å². The van der Waals surface area contributed by atoms with Gasteiger partial charge in [0.15, 0.2) is 11.5 Å². The predicted octanol–water partition coefficient (Wildman–Crippen LogP) is 3.34. The van der Waals surface area contributed by atoms with E-state index in [4.69, 9.17) is 4.42 Å². The van der Waals surface area contributed by atoms with E-state index < -0.39 is 0 Å². The molecule has 5 heteroatoms. The van der Waals surface area contributed by atoms with Crippen molar-refractivity contribution in [3.05, 3.63) is 59.5 Å². The first-order valence-electron chi connectivity index (χ1n) is 9.04. The highest BCUT2D eigenvalue weighted by atomic mass is 16.3. The number of anilines is 1. The lowest BCUT2D eigenvalue weighted by molar-refractivity contribution is -0.130. The molecule has 1 aromatic heterocycles. The average molecular weight is 349 g/mol. The minimum Gasteiger partial charge on any atom is -0.441 e. The number of hydrogen-bond donors (Lipinski definition) is 0. The number of carbonyl (C=O) groups is 1. The van der Waals surface area contributed by atoms with Gasteiger partial charge in [0.05, 0.1) is 6.42 Å². The SMILES string of the molecule is Cc1cccc(N2CCN(C(=O)Cc3ccc4oc(C)nc4c3)CC2)c1. The van der Waals surface area contributed by atoms with Gasteiger partial charge >= 0.3 is 0 Å². The number of fused-ring (bicyclic) bond motifs is 1. The molecule has 0 spiro atoms. The molecule has 0 radical (unpaired) electrons. The van der Waals surface area contributed by atoms with Crippen molar-refractivity contribution in [1.29, 1.82) is 0 Å². The van der Waals surface area contributed by atoms with Gasteiger partial charge in [0, 0.05) is 38.8 Å². The molecule has 1 aliphatic heterocycles. The fourth-order valence-corrected chi connectivity index (χ4v) is 3.52. The highest BCUT2D eigenvalue weighted by molar-refractivity contribution is 5.81. The fraction of sp³-hybridized carbons (Fsp3) is 0.333. The summed E-state index contributed by atoms with van der Waals surface area (Å²) < 4.78 is 5.49. The smallest absolute Gasteiger partial charge is 0.227 e. The van der Waals surface area contributed by atoms with Crippen molar-refractivity contribution in [2.45, 2.75) is 20.3 Å². The third-order valence-electron chi connectivity index (χ3n) is 4.91. The van der Waals surface area contributed by atoms with Gasteiger partial charge < -0.3 is 14.2 Å². The maximum absolute atomic E-state index is 12.7. The fourth-order valence-electron chi connectivity index (χ4n) is 3.52. The Morgan fingerprint density at radius 1 is 1.08 bits per heavy atom. The summed E-state index contributed by atoms with van der Waals surface area (Å²) in [4.78, 5) is 21.3. The third-order valence-corrected chi connectivity index (χ3v) is 4.91. The second kappa shape index (κ2) is 6.83. The van der Waals surface area contributed by atoms with Crippen LogP contribution in [0.3, 0.4) is 0 Å². The summed E-state index contributed by atoms with van der Waals surface area (Å²) in [6.45, 7) is 7.21. The van der Waals surface area contributed by atoms with Crippen LogP contribution in [0.25, 0.3) is 11.1 Å². The average Bonchev–Trinajstić information content (AvgIpc) is 3.01. The van der Waals surface area contributed by atoms with Gasteiger partial charge in [-0.1, -0.05) is 18.2 Å². The van der Waals surface area contributed by atoms with Gasteiger partial charge in [-0.25, -0.2) is 4.98 Å². The number of aromatic nitrogens is 1. The predicted molar refractivity (Wildman–Crippen MR) is 102 cm³/mol. The van der Waals surface area contributed by atoms with E-state index in [1.165, 1.54) is 11.3 Å². The quantitative estimate of drug-likeness (QED) is 0.728. The highest BCUT2D eigenvalue weighted by Crippen LogP contribution is 2.20. The molecule has 26 heavy (non-hydrogen) atoms. The molecular formula is C21H23N3O2. The molecular weight excluding hydrogens is 326 g/mol. The van der Waals surface area contributed by atoms with E-state index in [-0.39, 0.29) is 5.91 Å². The van der Waals surface area contributed by atoms with Crippen LogP contribution in [-0.4, -0.2) is 42.0 Å². The van der Waals surface area contributed by atoms with Gasteiger partial charge in [0.2, 0.25) is 5.91 Å². The molecule has 0 N–H and O–H groups in total. The van der Waals surface area contributed by atoms with E-state index in [0.717, 1.165) is 42.8 Å². The Morgan fingerprint density at radius 2 is 1.88 bits per heavy atom. The molecule has 1 fully saturated rings. The normalized spacial score (nSPS) is 14.8. The van der Waals surface area contributed by atoms with Crippen LogP contribution in [-0.2, 0) is 11.2 Å².